The first-order chi connectivity index (χ1) is 22.5. The van der Waals surface area contributed by atoms with Gasteiger partial charge >= 0.3 is 11.9 Å². The van der Waals surface area contributed by atoms with E-state index < -0.39 is 11.9 Å². The molecule has 4 rings (SSSR count). The van der Waals surface area contributed by atoms with Crippen molar-refractivity contribution in [3.05, 3.63) is 83.4 Å². The molecule has 8 nitrogen and oxygen atoms in total. The molecule has 1 heterocycles. The van der Waals surface area contributed by atoms with E-state index in [1.807, 2.05) is 0 Å². The van der Waals surface area contributed by atoms with Crippen LogP contribution in [-0.4, -0.2) is 43.2 Å². The summed E-state index contributed by atoms with van der Waals surface area (Å²) < 4.78 is 28.2. The molecule has 0 radical (unpaired) electrons. The minimum absolute atomic E-state index is 0.0415. The highest BCUT2D eigenvalue weighted by molar-refractivity contribution is 5.92. The number of aryl methyl sites for hydroxylation is 1. The van der Waals surface area contributed by atoms with Gasteiger partial charge in [-0.25, -0.2) is 9.59 Å². The number of hydrogen-bond acceptors (Lipinski definition) is 8. The fourth-order valence-electron chi connectivity index (χ4n) is 5.28. The lowest BCUT2D eigenvalue weighted by atomic mass is 10.1. The van der Waals surface area contributed by atoms with Gasteiger partial charge in [0.2, 0.25) is 0 Å². The van der Waals surface area contributed by atoms with Crippen LogP contribution in [0.4, 0.5) is 0 Å². The average molecular weight is 633 g/mol. The van der Waals surface area contributed by atoms with Crippen LogP contribution in [0.15, 0.2) is 66.7 Å². The van der Waals surface area contributed by atoms with E-state index in [0.717, 1.165) is 44.6 Å². The lowest BCUT2D eigenvalue weighted by molar-refractivity contribution is -0.162. The summed E-state index contributed by atoms with van der Waals surface area (Å²) in [6.07, 6.45) is 15.7. The van der Waals surface area contributed by atoms with Crippen LogP contribution in [0.25, 0.3) is 0 Å². The summed E-state index contributed by atoms with van der Waals surface area (Å²) in [6, 6.07) is 17.5. The van der Waals surface area contributed by atoms with Gasteiger partial charge in [0.15, 0.2) is 6.29 Å². The molecule has 0 bridgehead atoms. The van der Waals surface area contributed by atoms with Crippen molar-refractivity contribution in [1.29, 1.82) is 0 Å². The highest BCUT2D eigenvalue weighted by Crippen LogP contribution is 2.26. The van der Waals surface area contributed by atoms with Crippen LogP contribution in [0.3, 0.4) is 0 Å². The molecule has 0 saturated carbocycles. The molecule has 3 aromatic rings. The van der Waals surface area contributed by atoms with Gasteiger partial charge in [0.1, 0.15) is 23.0 Å². The number of phenolic OH excluding ortho intramolecular Hbond substituents is 1. The summed E-state index contributed by atoms with van der Waals surface area (Å²) in [4.78, 5) is 25.0. The van der Waals surface area contributed by atoms with E-state index in [9.17, 15) is 14.7 Å². The molecule has 1 fully saturated rings. The molecule has 3 aromatic carbocycles. The van der Waals surface area contributed by atoms with Crippen molar-refractivity contribution in [2.24, 2.45) is 0 Å². The van der Waals surface area contributed by atoms with Gasteiger partial charge in [-0.15, -0.1) is 0 Å². The van der Waals surface area contributed by atoms with Crippen molar-refractivity contribution >= 4 is 11.9 Å². The van der Waals surface area contributed by atoms with Crippen molar-refractivity contribution in [3.8, 4) is 23.0 Å². The second-order valence-electron chi connectivity index (χ2n) is 11.8. The monoisotopic (exact) mass is 632 g/mol. The summed E-state index contributed by atoms with van der Waals surface area (Å²) in [5.41, 5.74) is 1.37. The molecular formula is C38H48O8. The smallest absolute Gasteiger partial charge is 0.343 e. The van der Waals surface area contributed by atoms with Crippen LogP contribution < -0.4 is 14.2 Å². The number of aromatic hydroxyl groups is 1. The Hall–Kier alpha value is -3.88. The highest BCUT2D eigenvalue weighted by atomic mass is 16.7. The molecule has 1 aliphatic rings. The lowest BCUT2D eigenvalue weighted by Crippen LogP contribution is -2.22. The lowest BCUT2D eigenvalue weighted by Gasteiger charge is -2.22. The van der Waals surface area contributed by atoms with E-state index in [4.69, 9.17) is 23.7 Å². The van der Waals surface area contributed by atoms with Gasteiger partial charge < -0.3 is 28.8 Å². The minimum Gasteiger partial charge on any atom is -0.508 e. The average Bonchev–Trinajstić information content (AvgIpc) is 3.07. The van der Waals surface area contributed by atoms with Gasteiger partial charge in [0.25, 0.3) is 0 Å². The van der Waals surface area contributed by atoms with Gasteiger partial charge in [-0.05, 0) is 111 Å². The Morgan fingerprint density at radius 3 is 1.87 bits per heavy atom. The number of carbonyl (C=O) groups is 2. The predicted octanol–water partition coefficient (Wildman–Crippen LogP) is 8.96. The number of benzene rings is 3. The molecule has 0 spiro atoms. The zero-order valence-electron chi connectivity index (χ0n) is 27.0. The van der Waals surface area contributed by atoms with E-state index in [1.54, 1.807) is 49.4 Å². The first-order valence-corrected chi connectivity index (χ1v) is 16.8. The summed E-state index contributed by atoms with van der Waals surface area (Å²) in [5.74, 6) is 0.460. The number of ether oxygens (including phenoxy) is 5. The third kappa shape index (κ3) is 12.5. The molecule has 0 aliphatic carbocycles. The van der Waals surface area contributed by atoms with Crippen LogP contribution in [-0.2, 0) is 9.47 Å². The maximum Gasteiger partial charge on any atom is 0.343 e. The van der Waals surface area contributed by atoms with E-state index in [0.29, 0.717) is 34.8 Å². The molecule has 1 unspecified atom stereocenters. The fraction of sp³-hybridized carbons (Fsp3) is 0.474. The van der Waals surface area contributed by atoms with Gasteiger partial charge in [-0.3, -0.25) is 0 Å². The number of rotatable bonds is 19. The molecule has 1 N–H and O–H groups in total. The quantitative estimate of drug-likeness (QED) is 0.0794. The van der Waals surface area contributed by atoms with Gasteiger partial charge in [0, 0.05) is 13.2 Å². The predicted molar refractivity (Wildman–Crippen MR) is 177 cm³/mol. The third-order valence-corrected chi connectivity index (χ3v) is 8.00. The Morgan fingerprint density at radius 2 is 1.26 bits per heavy atom. The molecule has 248 valence electrons. The highest BCUT2D eigenvalue weighted by Gasteiger charge is 2.15. The number of esters is 2. The second-order valence-corrected chi connectivity index (χ2v) is 11.8. The van der Waals surface area contributed by atoms with Crippen molar-refractivity contribution in [1.82, 2.24) is 0 Å². The van der Waals surface area contributed by atoms with E-state index in [2.05, 4.69) is 0 Å². The van der Waals surface area contributed by atoms with Crippen LogP contribution >= 0.6 is 0 Å². The van der Waals surface area contributed by atoms with Crippen LogP contribution in [0, 0.1) is 6.92 Å². The number of carbonyl (C=O) groups excluding carboxylic acids is 2. The third-order valence-electron chi connectivity index (χ3n) is 8.00. The Kier molecular flexibility index (Phi) is 14.9. The molecule has 1 atom stereocenters. The zero-order chi connectivity index (χ0) is 32.4. The Labute approximate surface area is 273 Å². The molecule has 1 aliphatic heterocycles. The van der Waals surface area contributed by atoms with Crippen LogP contribution in [0.5, 0.6) is 23.0 Å². The van der Waals surface area contributed by atoms with Crippen molar-refractivity contribution in [2.75, 3.05) is 19.8 Å². The maximum absolute atomic E-state index is 12.7. The summed E-state index contributed by atoms with van der Waals surface area (Å²) in [6.45, 7) is 4.09. The van der Waals surface area contributed by atoms with Crippen LogP contribution in [0.1, 0.15) is 110 Å². The molecule has 46 heavy (non-hydrogen) atoms. The van der Waals surface area contributed by atoms with Gasteiger partial charge in [-0.1, -0.05) is 51.4 Å². The number of hydrogen-bond donors (Lipinski definition) is 1. The van der Waals surface area contributed by atoms with Crippen molar-refractivity contribution in [2.45, 2.75) is 96.7 Å². The SMILES string of the molecule is Cc1cc(OC(=O)c2ccc(O)cc2)ccc1OC(=O)c1ccc(OCCCCCCCCCCCCOC2CCCCO2)cc1. The van der Waals surface area contributed by atoms with E-state index in [1.165, 1.54) is 82.1 Å². The number of phenols is 1. The molecule has 0 amide bonds. The Bertz CT molecular complexity index is 1330. The normalized spacial score (nSPS) is 14.5. The van der Waals surface area contributed by atoms with E-state index in [-0.39, 0.29) is 12.0 Å². The topological polar surface area (TPSA) is 101 Å². The standard InChI is InChI=1S/C38H48O8/c1-29-28-34(45-37(40)30-15-19-32(39)20-16-30)23-24-35(29)46-38(41)31-17-21-33(22-18-31)42-25-11-8-6-4-2-3-5-7-9-12-26-43-36-14-10-13-27-44-36/h15-24,28,36,39H,2-14,25-27H2,1H3. The largest absolute Gasteiger partial charge is 0.508 e. The Morgan fingerprint density at radius 1 is 0.696 bits per heavy atom. The minimum atomic E-state index is -0.550. The summed E-state index contributed by atoms with van der Waals surface area (Å²) >= 11 is 0. The van der Waals surface area contributed by atoms with Crippen molar-refractivity contribution in [3.63, 3.8) is 0 Å². The Balaban J connectivity index is 1.03. The molecule has 8 heteroatoms. The second kappa shape index (κ2) is 19.6. The fourth-order valence-corrected chi connectivity index (χ4v) is 5.28. The summed E-state index contributed by atoms with van der Waals surface area (Å²) in [7, 11) is 0. The molecular weight excluding hydrogens is 584 g/mol. The van der Waals surface area contributed by atoms with Crippen molar-refractivity contribution < 1.29 is 38.4 Å². The maximum atomic E-state index is 12.7. The first-order valence-electron chi connectivity index (χ1n) is 16.8. The molecule has 0 aromatic heterocycles. The molecule has 1 saturated heterocycles. The van der Waals surface area contributed by atoms with E-state index >= 15 is 0 Å². The summed E-state index contributed by atoms with van der Waals surface area (Å²) in [5, 5.41) is 9.39. The number of unbranched alkanes of at least 4 members (excludes halogenated alkanes) is 9. The zero-order valence-corrected chi connectivity index (χ0v) is 27.0. The van der Waals surface area contributed by atoms with Crippen LogP contribution in [0.2, 0.25) is 0 Å². The first kappa shape index (κ1) is 35.0. The van der Waals surface area contributed by atoms with Gasteiger partial charge in [-0.2, -0.15) is 0 Å². The van der Waals surface area contributed by atoms with Gasteiger partial charge in [0.05, 0.1) is 17.7 Å².